The topological polar surface area (TPSA) is 3.24 Å². The van der Waals surface area contributed by atoms with E-state index in [1.165, 1.54) is 90.2 Å². The first-order valence-corrected chi connectivity index (χ1v) is 20.3. The monoisotopic (exact) mass is 735 g/mol. The zero-order valence-corrected chi connectivity index (χ0v) is 31.4. The molecule has 0 aliphatic heterocycles. The van der Waals surface area contributed by atoms with Crippen LogP contribution in [0.5, 0.6) is 0 Å². The van der Waals surface area contributed by atoms with E-state index in [0.29, 0.717) is 0 Å². The Hall–Kier alpha value is -6.52. The van der Waals surface area contributed by atoms with Crippen molar-refractivity contribution in [3.05, 3.63) is 200 Å². The minimum atomic E-state index is 1.13. The van der Waals surface area contributed by atoms with Gasteiger partial charge in [0.15, 0.2) is 0 Å². The van der Waals surface area contributed by atoms with Gasteiger partial charge in [-0.25, -0.2) is 0 Å². The van der Waals surface area contributed by atoms with Crippen molar-refractivity contribution in [3.8, 4) is 33.4 Å². The minimum absolute atomic E-state index is 1.13. The van der Waals surface area contributed by atoms with E-state index in [9.17, 15) is 0 Å². The van der Waals surface area contributed by atoms with E-state index in [2.05, 4.69) is 205 Å². The quantitative estimate of drug-likeness (QED) is 0.164. The second-order valence-electron chi connectivity index (χ2n) is 14.0. The van der Waals surface area contributed by atoms with Crippen molar-refractivity contribution in [1.82, 2.24) is 0 Å². The molecule has 0 radical (unpaired) electrons. The molecule has 258 valence electrons. The Morgan fingerprint density at radius 2 is 0.836 bits per heavy atom. The molecule has 0 N–H and O–H groups in total. The molecular weight excluding hydrogens is 703 g/mol. The number of nitrogens with zero attached hydrogens (tertiary/aromatic N) is 1. The summed E-state index contributed by atoms with van der Waals surface area (Å²) in [5.41, 5.74) is 10.7. The molecule has 2 aromatic heterocycles. The highest BCUT2D eigenvalue weighted by Gasteiger charge is 2.25. The summed E-state index contributed by atoms with van der Waals surface area (Å²) < 4.78 is 5.19. The van der Waals surface area contributed by atoms with Gasteiger partial charge < -0.3 is 4.90 Å². The molecule has 1 nitrogen and oxygen atoms in total. The van der Waals surface area contributed by atoms with Gasteiger partial charge in [0.2, 0.25) is 0 Å². The average Bonchev–Trinajstić information content (AvgIpc) is 3.83. The highest BCUT2D eigenvalue weighted by molar-refractivity contribution is 7.26. The fraction of sp³-hybridized carbons (Fsp3) is 0. The first-order valence-electron chi connectivity index (χ1n) is 18.7. The molecule has 11 aromatic rings. The number of hydrogen-bond donors (Lipinski definition) is 0. The predicted molar refractivity (Wildman–Crippen MR) is 241 cm³/mol. The van der Waals surface area contributed by atoms with Gasteiger partial charge in [0.1, 0.15) is 0 Å². The summed E-state index contributed by atoms with van der Waals surface area (Å²) in [6.45, 7) is 0. The molecular formula is C52H33NS2. The summed E-state index contributed by atoms with van der Waals surface area (Å²) in [5, 5.41) is 7.65. The lowest BCUT2D eigenvalue weighted by Crippen LogP contribution is -2.13. The normalized spacial score (nSPS) is 11.6. The molecule has 0 bridgehead atoms. The summed E-state index contributed by atoms with van der Waals surface area (Å²) in [4.78, 5) is 2.54. The molecule has 11 rings (SSSR count). The summed E-state index contributed by atoms with van der Waals surface area (Å²) in [5.74, 6) is 0. The molecule has 2 heterocycles. The van der Waals surface area contributed by atoms with Crippen LogP contribution in [0.15, 0.2) is 200 Å². The maximum absolute atomic E-state index is 2.54. The van der Waals surface area contributed by atoms with Gasteiger partial charge in [0.05, 0.1) is 17.1 Å². The molecule has 0 amide bonds. The van der Waals surface area contributed by atoms with Crippen LogP contribution in [0.25, 0.3) is 84.5 Å². The van der Waals surface area contributed by atoms with Crippen LogP contribution >= 0.6 is 22.7 Å². The van der Waals surface area contributed by atoms with Gasteiger partial charge in [-0.2, -0.15) is 0 Å². The molecule has 0 aliphatic rings. The van der Waals surface area contributed by atoms with E-state index in [4.69, 9.17) is 0 Å². The third kappa shape index (κ3) is 5.27. The van der Waals surface area contributed by atoms with Crippen LogP contribution in [-0.4, -0.2) is 0 Å². The third-order valence-corrected chi connectivity index (χ3v) is 13.2. The number of thiophene rings is 2. The Morgan fingerprint density at radius 3 is 1.64 bits per heavy atom. The SMILES string of the molecule is c1ccc(-c2ccccc2N(c2ccccc2-c2cccc3c2sc2ccccc23)c2cccc3sc4ccccc4c23)c(-c2ccc3ccccc3c2)c1. The van der Waals surface area contributed by atoms with Crippen molar-refractivity contribution >= 4 is 90.9 Å². The summed E-state index contributed by atoms with van der Waals surface area (Å²) in [6, 6.07) is 73.5. The van der Waals surface area contributed by atoms with Crippen LogP contribution in [0.3, 0.4) is 0 Å². The third-order valence-electron chi connectivity index (χ3n) is 10.9. The summed E-state index contributed by atoms with van der Waals surface area (Å²) >= 11 is 3.75. The zero-order valence-electron chi connectivity index (χ0n) is 29.8. The lowest BCUT2D eigenvalue weighted by atomic mass is 9.91. The number of anilines is 3. The van der Waals surface area contributed by atoms with Crippen molar-refractivity contribution < 1.29 is 0 Å². The molecule has 9 aromatic carbocycles. The summed E-state index contributed by atoms with van der Waals surface area (Å²) in [7, 11) is 0. The van der Waals surface area contributed by atoms with Crippen LogP contribution in [0, 0.1) is 0 Å². The van der Waals surface area contributed by atoms with Crippen molar-refractivity contribution in [2.75, 3.05) is 4.90 Å². The van der Waals surface area contributed by atoms with Gasteiger partial charge in [-0.3, -0.25) is 0 Å². The fourth-order valence-corrected chi connectivity index (χ4v) is 10.8. The highest BCUT2D eigenvalue weighted by Crippen LogP contribution is 2.51. The van der Waals surface area contributed by atoms with Crippen molar-refractivity contribution in [1.29, 1.82) is 0 Å². The second-order valence-corrected chi connectivity index (χ2v) is 16.1. The van der Waals surface area contributed by atoms with Crippen LogP contribution in [0.2, 0.25) is 0 Å². The Bertz CT molecular complexity index is 3240. The van der Waals surface area contributed by atoms with Crippen molar-refractivity contribution in [2.24, 2.45) is 0 Å². The average molecular weight is 736 g/mol. The Kier molecular flexibility index (Phi) is 7.61. The van der Waals surface area contributed by atoms with E-state index >= 15 is 0 Å². The smallest absolute Gasteiger partial charge is 0.0555 e. The largest absolute Gasteiger partial charge is 0.309 e. The van der Waals surface area contributed by atoms with Crippen LogP contribution in [0.4, 0.5) is 17.1 Å². The molecule has 0 spiro atoms. The van der Waals surface area contributed by atoms with Gasteiger partial charge >= 0.3 is 0 Å². The molecule has 3 heteroatoms. The van der Waals surface area contributed by atoms with Crippen molar-refractivity contribution in [3.63, 3.8) is 0 Å². The Labute approximate surface area is 327 Å². The van der Waals surface area contributed by atoms with Gasteiger partial charge in [0, 0.05) is 57.0 Å². The Balaban J connectivity index is 1.21. The Morgan fingerprint density at radius 1 is 0.309 bits per heavy atom. The first-order chi connectivity index (χ1) is 27.3. The molecule has 0 fully saturated rings. The predicted octanol–water partition coefficient (Wildman–Crippen LogP) is 16.0. The maximum Gasteiger partial charge on any atom is 0.0555 e. The minimum Gasteiger partial charge on any atom is -0.309 e. The zero-order chi connectivity index (χ0) is 36.3. The van der Waals surface area contributed by atoms with E-state index in [-0.39, 0.29) is 0 Å². The molecule has 55 heavy (non-hydrogen) atoms. The van der Waals surface area contributed by atoms with Gasteiger partial charge in [-0.1, -0.05) is 158 Å². The summed E-state index contributed by atoms with van der Waals surface area (Å²) in [6.07, 6.45) is 0. The van der Waals surface area contributed by atoms with Crippen LogP contribution in [-0.2, 0) is 0 Å². The van der Waals surface area contributed by atoms with E-state index in [1.807, 2.05) is 22.7 Å². The second kappa shape index (κ2) is 13.1. The highest BCUT2D eigenvalue weighted by atomic mass is 32.1. The van der Waals surface area contributed by atoms with Crippen LogP contribution < -0.4 is 4.90 Å². The number of hydrogen-bond acceptors (Lipinski definition) is 3. The fourth-order valence-electron chi connectivity index (χ4n) is 8.41. The molecule has 0 aliphatic carbocycles. The lowest BCUT2D eigenvalue weighted by molar-refractivity contribution is 1.30. The maximum atomic E-state index is 2.54. The molecule has 0 atom stereocenters. The van der Waals surface area contributed by atoms with Gasteiger partial charge in [0.25, 0.3) is 0 Å². The standard InChI is InChI=1S/C52H33NS2/c1-2-16-35-33-36(32-31-34(35)15-1)37-17-3-4-18-38(37)39-19-5-9-25-45(39)53(47-27-14-30-50-51(47)44-22-8-12-29-49(44)54-50)46-26-10-6-20-40(46)42-23-13-24-43-41-21-7-11-28-48(41)55-52(42)43/h1-33H. The van der Waals surface area contributed by atoms with E-state index in [0.717, 1.165) is 11.4 Å². The van der Waals surface area contributed by atoms with Crippen LogP contribution in [0.1, 0.15) is 0 Å². The lowest BCUT2D eigenvalue weighted by Gasteiger charge is -2.31. The van der Waals surface area contributed by atoms with Crippen molar-refractivity contribution in [2.45, 2.75) is 0 Å². The number of fused-ring (bicyclic) bond motifs is 7. The van der Waals surface area contributed by atoms with Gasteiger partial charge in [-0.15, -0.1) is 22.7 Å². The van der Waals surface area contributed by atoms with Gasteiger partial charge in [-0.05, 0) is 69.9 Å². The number of para-hydroxylation sites is 2. The van der Waals surface area contributed by atoms with E-state index in [1.54, 1.807) is 0 Å². The first kappa shape index (κ1) is 32.0. The van der Waals surface area contributed by atoms with E-state index < -0.39 is 0 Å². The molecule has 0 saturated heterocycles. The number of rotatable bonds is 6. The molecule has 0 unspecified atom stereocenters. The number of benzene rings is 9. The molecule has 0 saturated carbocycles.